The van der Waals surface area contributed by atoms with Gasteiger partial charge < -0.3 is 10.0 Å². The predicted octanol–water partition coefficient (Wildman–Crippen LogP) is 0.561. The van der Waals surface area contributed by atoms with Gasteiger partial charge in [0.2, 0.25) is 5.91 Å². The summed E-state index contributed by atoms with van der Waals surface area (Å²) in [5.41, 5.74) is -0.839. The second-order valence-electron chi connectivity index (χ2n) is 5.76. The first-order chi connectivity index (χ1) is 8.33. The third-order valence-electron chi connectivity index (χ3n) is 3.25. The Morgan fingerprint density at radius 3 is 2.50 bits per heavy atom. The van der Waals surface area contributed by atoms with Crippen LogP contribution in [0, 0.1) is 18.3 Å². The maximum absolute atomic E-state index is 12.2. The van der Waals surface area contributed by atoms with Crippen molar-refractivity contribution in [2.24, 2.45) is 5.92 Å². The van der Waals surface area contributed by atoms with Crippen LogP contribution < -0.4 is 0 Å². The van der Waals surface area contributed by atoms with Gasteiger partial charge in [-0.15, -0.1) is 6.42 Å². The van der Waals surface area contributed by atoms with Gasteiger partial charge in [0.15, 0.2) is 0 Å². The van der Waals surface area contributed by atoms with Crippen molar-refractivity contribution in [2.45, 2.75) is 32.3 Å². The van der Waals surface area contributed by atoms with Crippen LogP contribution in [0.5, 0.6) is 0 Å². The number of hydrogen-bond donors (Lipinski definition) is 1. The number of terminal acetylenes is 1. The van der Waals surface area contributed by atoms with Gasteiger partial charge in [-0.05, 0) is 39.8 Å². The summed E-state index contributed by atoms with van der Waals surface area (Å²) in [7, 11) is 1.76. The minimum Gasteiger partial charge on any atom is -0.389 e. The molecule has 1 aliphatic heterocycles. The highest BCUT2D eigenvalue weighted by molar-refractivity contribution is 5.78. The number of rotatable bonds is 4. The van der Waals surface area contributed by atoms with Crippen LogP contribution in [0.25, 0.3) is 0 Å². The molecule has 0 aromatic rings. The van der Waals surface area contributed by atoms with E-state index in [1.54, 1.807) is 25.8 Å². The zero-order valence-corrected chi connectivity index (χ0v) is 11.6. The number of carbonyl (C=O) groups is 1. The Morgan fingerprint density at radius 2 is 2.06 bits per heavy atom. The van der Waals surface area contributed by atoms with E-state index in [0.29, 0.717) is 13.1 Å². The summed E-state index contributed by atoms with van der Waals surface area (Å²) >= 11 is 0. The fourth-order valence-electron chi connectivity index (χ4n) is 2.44. The van der Waals surface area contributed by atoms with Gasteiger partial charge in [-0.25, -0.2) is 0 Å². The molecule has 0 aromatic heterocycles. The van der Waals surface area contributed by atoms with Crippen LogP contribution in [0.1, 0.15) is 26.7 Å². The normalized spacial score (nSPS) is 18.4. The van der Waals surface area contributed by atoms with Gasteiger partial charge in [0.25, 0.3) is 0 Å². The van der Waals surface area contributed by atoms with Crippen molar-refractivity contribution in [3.8, 4) is 12.3 Å². The zero-order chi connectivity index (χ0) is 13.8. The number of carbonyl (C=O) groups excluding carboxylic acids is 1. The number of likely N-dealkylation sites (tertiary alicyclic amines) is 1. The topological polar surface area (TPSA) is 43.8 Å². The van der Waals surface area contributed by atoms with Crippen LogP contribution in [0.3, 0.4) is 0 Å². The Labute approximate surface area is 110 Å². The molecule has 1 rings (SSSR count). The van der Waals surface area contributed by atoms with Crippen LogP contribution in [0.2, 0.25) is 0 Å². The van der Waals surface area contributed by atoms with Gasteiger partial charge in [-0.2, -0.15) is 0 Å². The molecule has 1 heterocycles. The Hall–Kier alpha value is -1.05. The van der Waals surface area contributed by atoms with Crippen LogP contribution >= 0.6 is 0 Å². The van der Waals surface area contributed by atoms with E-state index in [2.05, 4.69) is 10.8 Å². The molecule has 0 spiro atoms. The molecule has 1 N–H and O–H groups in total. The van der Waals surface area contributed by atoms with Crippen LogP contribution in [0.4, 0.5) is 0 Å². The second-order valence-corrected chi connectivity index (χ2v) is 5.76. The van der Waals surface area contributed by atoms with Crippen LogP contribution in [-0.4, -0.2) is 59.6 Å². The van der Waals surface area contributed by atoms with E-state index < -0.39 is 5.60 Å². The SMILES string of the molecule is C#CCN1CCC(C(=O)N(C)CC(C)(C)O)CC1. The lowest BCUT2D eigenvalue weighted by Crippen LogP contribution is -2.45. The summed E-state index contributed by atoms with van der Waals surface area (Å²) in [6.07, 6.45) is 6.99. The van der Waals surface area contributed by atoms with Gasteiger partial charge in [0, 0.05) is 19.5 Å². The van der Waals surface area contributed by atoms with Gasteiger partial charge in [0.05, 0.1) is 12.1 Å². The molecule has 18 heavy (non-hydrogen) atoms. The molecule has 1 saturated heterocycles. The van der Waals surface area contributed by atoms with E-state index in [9.17, 15) is 9.90 Å². The molecule has 0 saturated carbocycles. The van der Waals surface area contributed by atoms with Crippen molar-refractivity contribution in [3.63, 3.8) is 0 Å². The average molecular weight is 252 g/mol. The number of aliphatic hydroxyl groups is 1. The quantitative estimate of drug-likeness (QED) is 0.744. The van der Waals surface area contributed by atoms with Gasteiger partial charge >= 0.3 is 0 Å². The first-order valence-electron chi connectivity index (χ1n) is 6.46. The van der Waals surface area contributed by atoms with Crippen molar-refractivity contribution in [3.05, 3.63) is 0 Å². The highest BCUT2D eigenvalue weighted by Gasteiger charge is 2.28. The van der Waals surface area contributed by atoms with Crippen molar-refractivity contribution in [1.82, 2.24) is 9.80 Å². The molecule has 102 valence electrons. The summed E-state index contributed by atoms with van der Waals surface area (Å²) in [5, 5.41) is 9.72. The molecule has 1 aliphatic rings. The fourth-order valence-corrected chi connectivity index (χ4v) is 2.44. The van der Waals surface area contributed by atoms with E-state index in [1.807, 2.05) is 0 Å². The summed E-state index contributed by atoms with van der Waals surface area (Å²) < 4.78 is 0. The van der Waals surface area contributed by atoms with Gasteiger partial charge in [-0.3, -0.25) is 9.69 Å². The third-order valence-corrected chi connectivity index (χ3v) is 3.25. The maximum Gasteiger partial charge on any atom is 0.225 e. The van der Waals surface area contributed by atoms with Crippen molar-refractivity contribution in [1.29, 1.82) is 0 Å². The molecule has 0 atom stereocenters. The molecule has 0 radical (unpaired) electrons. The molecular formula is C14H24N2O2. The molecule has 0 unspecified atom stereocenters. The maximum atomic E-state index is 12.2. The molecule has 4 nitrogen and oxygen atoms in total. The van der Waals surface area contributed by atoms with Crippen molar-refractivity contribution < 1.29 is 9.90 Å². The highest BCUT2D eigenvalue weighted by Crippen LogP contribution is 2.19. The lowest BCUT2D eigenvalue weighted by molar-refractivity contribution is -0.138. The number of hydrogen-bond acceptors (Lipinski definition) is 3. The van der Waals surface area contributed by atoms with E-state index in [4.69, 9.17) is 6.42 Å². The summed E-state index contributed by atoms with van der Waals surface area (Å²) in [5.74, 6) is 2.84. The monoisotopic (exact) mass is 252 g/mol. The van der Waals surface area contributed by atoms with E-state index in [-0.39, 0.29) is 11.8 Å². The van der Waals surface area contributed by atoms with Crippen molar-refractivity contribution >= 4 is 5.91 Å². The molecule has 1 amide bonds. The number of amides is 1. The second kappa shape index (κ2) is 6.21. The summed E-state index contributed by atoms with van der Waals surface area (Å²) in [6.45, 7) is 6.24. The van der Waals surface area contributed by atoms with E-state index in [1.165, 1.54) is 0 Å². The minimum absolute atomic E-state index is 0.0753. The Bertz CT molecular complexity index is 320. The summed E-state index contributed by atoms with van der Waals surface area (Å²) in [4.78, 5) is 16.0. The van der Waals surface area contributed by atoms with Crippen molar-refractivity contribution in [2.75, 3.05) is 33.2 Å². The number of piperidine rings is 1. The fraction of sp³-hybridized carbons (Fsp3) is 0.786. The molecule has 4 heteroatoms. The van der Waals surface area contributed by atoms with Gasteiger partial charge in [0.1, 0.15) is 0 Å². The van der Waals surface area contributed by atoms with Crippen LogP contribution in [0.15, 0.2) is 0 Å². The molecule has 1 fully saturated rings. The first-order valence-corrected chi connectivity index (χ1v) is 6.46. The molecule has 0 aromatic carbocycles. The Kier molecular flexibility index (Phi) is 5.18. The standard InChI is InChI=1S/C14H24N2O2/c1-5-8-16-9-6-12(7-10-16)13(17)15(4)11-14(2,3)18/h1,12,18H,6-11H2,2-4H3. The molecular weight excluding hydrogens is 228 g/mol. The molecule has 0 bridgehead atoms. The first kappa shape index (κ1) is 15.0. The van der Waals surface area contributed by atoms with Gasteiger partial charge in [-0.1, -0.05) is 5.92 Å². The Morgan fingerprint density at radius 1 is 1.50 bits per heavy atom. The largest absolute Gasteiger partial charge is 0.389 e. The lowest BCUT2D eigenvalue weighted by Gasteiger charge is -2.33. The van der Waals surface area contributed by atoms with Crippen LogP contribution in [-0.2, 0) is 4.79 Å². The third kappa shape index (κ3) is 4.67. The summed E-state index contributed by atoms with van der Waals surface area (Å²) in [6, 6.07) is 0. The number of nitrogens with zero attached hydrogens (tertiary/aromatic N) is 2. The zero-order valence-electron chi connectivity index (χ0n) is 11.6. The number of likely N-dealkylation sites (N-methyl/N-ethyl adjacent to an activating group) is 1. The Balaban J connectivity index is 2.43. The molecule has 0 aliphatic carbocycles. The van der Waals surface area contributed by atoms with E-state index in [0.717, 1.165) is 25.9 Å². The minimum atomic E-state index is -0.839. The highest BCUT2D eigenvalue weighted by atomic mass is 16.3. The average Bonchev–Trinajstić information content (AvgIpc) is 2.27. The smallest absolute Gasteiger partial charge is 0.225 e. The predicted molar refractivity (Wildman–Crippen MR) is 71.9 cm³/mol. The lowest BCUT2D eigenvalue weighted by atomic mass is 9.95. The van der Waals surface area contributed by atoms with E-state index >= 15 is 0 Å².